The van der Waals surface area contributed by atoms with Crippen molar-refractivity contribution in [1.29, 1.82) is 0 Å². The SMILES string of the molecule is COCCONC1CCS(=O)(=O)c2ccc(F)cc21. The van der Waals surface area contributed by atoms with Gasteiger partial charge in [0.2, 0.25) is 0 Å². The second-order valence-corrected chi connectivity index (χ2v) is 6.38. The molecule has 0 radical (unpaired) electrons. The lowest BCUT2D eigenvalue weighted by molar-refractivity contribution is -0.0138. The Morgan fingerprint density at radius 1 is 1.42 bits per heavy atom. The minimum atomic E-state index is -3.31. The van der Waals surface area contributed by atoms with Gasteiger partial charge in [-0.05, 0) is 30.2 Å². The molecular weight excluding hydrogens is 273 g/mol. The van der Waals surface area contributed by atoms with E-state index in [-0.39, 0.29) is 16.7 Å². The Bertz CT molecular complexity index is 547. The molecule has 1 heterocycles. The van der Waals surface area contributed by atoms with Crippen LogP contribution in [-0.4, -0.2) is 34.5 Å². The number of halogens is 1. The van der Waals surface area contributed by atoms with E-state index >= 15 is 0 Å². The molecule has 5 nitrogen and oxygen atoms in total. The van der Waals surface area contributed by atoms with Crippen molar-refractivity contribution in [2.75, 3.05) is 26.1 Å². The molecule has 0 saturated carbocycles. The van der Waals surface area contributed by atoms with Crippen molar-refractivity contribution in [3.05, 3.63) is 29.6 Å². The van der Waals surface area contributed by atoms with Gasteiger partial charge in [0.25, 0.3) is 0 Å². The number of rotatable bonds is 5. The van der Waals surface area contributed by atoms with Gasteiger partial charge in [0.15, 0.2) is 9.84 Å². The van der Waals surface area contributed by atoms with Crippen molar-refractivity contribution in [3.8, 4) is 0 Å². The average Bonchev–Trinajstić information content (AvgIpc) is 2.36. The Morgan fingerprint density at radius 2 is 2.21 bits per heavy atom. The van der Waals surface area contributed by atoms with E-state index in [0.29, 0.717) is 25.2 Å². The van der Waals surface area contributed by atoms with E-state index in [1.165, 1.54) is 12.1 Å². The van der Waals surface area contributed by atoms with Gasteiger partial charge in [-0.25, -0.2) is 12.8 Å². The highest BCUT2D eigenvalue weighted by Crippen LogP contribution is 2.32. The van der Waals surface area contributed by atoms with Crippen molar-refractivity contribution >= 4 is 9.84 Å². The van der Waals surface area contributed by atoms with Crippen LogP contribution in [0.25, 0.3) is 0 Å². The number of ether oxygens (including phenoxy) is 1. The maximum atomic E-state index is 13.3. The Labute approximate surface area is 111 Å². The van der Waals surface area contributed by atoms with Crippen molar-refractivity contribution in [2.24, 2.45) is 0 Å². The smallest absolute Gasteiger partial charge is 0.178 e. The number of hydroxylamine groups is 1. The van der Waals surface area contributed by atoms with E-state index in [0.717, 1.165) is 6.07 Å². The molecule has 0 fully saturated rings. The zero-order chi connectivity index (χ0) is 13.9. The molecule has 0 spiro atoms. The quantitative estimate of drug-likeness (QED) is 0.501. The summed E-state index contributed by atoms with van der Waals surface area (Å²) < 4.78 is 41.9. The Morgan fingerprint density at radius 3 is 2.95 bits per heavy atom. The molecule has 0 aromatic heterocycles. The summed E-state index contributed by atoms with van der Waals surface area (Å²) in [6, 6.07) is 3.38. The first-order chi connectivity index (χ1) is 9.04. The van der Waals surface area contributed by atoms with Gasteiger partial charge in [-0.15, -0.1) is 0 Å². The molecule has 1 aromatic carbocycles. The summed E-state index contributed by atoms with van der Waals surface area (Å²) in [5.41, 5.74) is 3.19. The molecule has 0 saturated heterocycles. The third-order valence-corrected chi connectivity index (χ3v) is 4.79. The van der Waals surface area contributed by atoms with Crippen LogP contribution < -0.4 is 5.48 Å². The highest BCUT2D eigenvalue weighted by atomic mass is 32.2. The maximum Gasteiger partial charge on any atom is 0.178 e. The van der Waals surface area contributed by atoms with Gasteiger partial charge < -0.3 is 4.74 Å². The summed E-state index contributed by atoms with van der Waals surface area (Å²) in [6.45, 7) is 0.762. The Hall–Kier alpha value is -1.02. The van der Waals surface area contributed by atoms with Crippen LogP contribution in [-0.2, 0) is 19.4 Å². The third kappa shape index (κ3) is 3.30. The number of hydrogen-bond donors (Lipinski definition) is 1. The number of benzene rings is 1. The zero-order valence-corrected chi connectivity index (χ0v) is 11.4. The summed E-state index contributed by atoms with van der Waals surface area (Å²) >= 11 is 0. The first-order valence-corrected chi connectivity index (χ1v) is 7.58. The van der Waals surface area contributed by atoms with E-state index in [1.807, 2.05) is 0 Å². The molecule has 0 bridgehead atoms. The number of nitrogens with one attached hydrogen (secondary N) is 1. The minimum Gasteiger partial charge on any atom is -0.382 e. The number of sulfone groups is 1. The number of methoxy groups -OCH3 is 1. The van der Waals surface area contributed by atoms with Gasteiger partial charge in [0.05, 0.1) is 29.9 Å². The summed E-state index contributed by atoms with van der Waals surface area (Å²) in [5.74, 6) is -0.434. The van der Waals surface area contributed by atoms with E-state index in [1.54, 1.807) is 7.11 Å². The van der Waals surface area contributed by atoms with Crippen LogP contribution in [0.15, 0.2) is 23.1 Å². The van der Waals surface area contributed by atoms with Crippen molar-refractivity contribution in [1.82, 2.24) is 5.48 Å². The molecule has 1 aromatic rings. The number of hydrogen-bond acceptors (Lipinski definition) is 5. The van der Waals surface area contributed by atoms with Gasteiger partial charge in [-0.1, -0.05) is 0 Å². The van der Waals surface area contributed by atoms with Crippen LogP contribution in [0.2, 0.25) is 0 Å². The van der Waals surface area contributed by atoms with Gasteiger partial charge in [-0.3, -0.25) is 4.84 Å². The van der Waals surface area contributed by atoms with Crippen LogP contribution in [0.3, 0.4) is 0 Å². The second-order valence-electron chi connectivity index (χ2n) is 4.30. The Kier molecular flexibility index (Phi) is 4.51. The predicted octanol–water partition coefficient (Wildman–Crippen LogP) is 1.21. The lowest BCUT2D eigenvalue weighted by atomic mass is 10.0. The van der Waals surface area contributed by atoms with Crippen molar-refractivity contribution in [2.45, 2.75) is 17.4 Å². The highest BCUT2D eigenvalue weighted by Gasteiger charge is 2.30. The summed E-state index contributed by atoms with van der Waals surface area (Å²) in [6.07, 6.45) is 0.353. The molecule has 1 N–H and O–H groups in total. The first kappa shape index (κ1) is 14.4. The molecule has 1 aliphatic rings. The van der Waals surface area contributed by atoms with Crippen LogP contribution >= 0.6 is 0 Å². The zero-order valence-electron chi connectivity index (χ0n) is 10.6. The second kappa shape index (κ2) is 5.96. The highest BCUT2D eigenvalue weighted by molar-refractivity contribution is 7.91. The van der Waals surface area contributed by atoms with E-state index in [2.05, 4.69) is 5.48 Å². The molecular formula is C12H16FNO4S. The third-order valence-electron chi connectivity index (χ3n) is 2.97. The monoisotopic (exact) mass is 289 g/mol. The van der Waals surface area contributed by atoms with Crippen LogP contribution in [0.5, 0.6) is 0 Å². The lowest BCUT2D eigenvalue weighted by Gasteiger charge is -2.25. The van der Waals surface area contributed by atoms with Crippen LogP contribution in [0, 0.1) is 5.82 Å². The molecule has 106 valence electrons. The standard InChI is InChI=1S/C12H16FNO4S/c1-17-5-6-18-14-11-4-7-19(15,16)12-3-2-9(13)8-10(11)12/h2-3,8,11,14H,4-7H2,1H3. The normalized spacial score (nSPS) is 21.1. The van der Waals surface area contributed by atoms with Crippen molar-refractivity contribution in [3.63, 3.8) is 0 Å². The topological polar surface area (TPSA) is 64.6 Å². The predicted molar refractivity (Wildman–Crippen MR) is 66.8 cm³/mol. The fourth-order valence-corrected chi connectivity index (χ4v) is 3.62. The molecule has 1 unspecified atom stereocenters. The van der Waals surface area contributed by atoms with E-state index < -0.39 is 15.7 Å². The molecule has 0 aliphatic carbocycles. The van der Waals surface area contributed by atoms with E-state index in [4.69, 9.17) is 9.57 Å². The van der Waals surface area contributed by atoms with E-state index in [9.17, 15) is 12.8 Å². The average molecular weight is 289 g/mol. The number of fused-ring (bicyclic) bond motifs is 1. The Balaban J connectivity index is 2.18. The summed E-state index contributed by atoms with van der Waals surface area (Å²) in [4.78, 5) is 5.36. The fourth-order valence-electron chi connectivity index (χ4n) is 2.02. The molecule has 19 heavy (non-hydrogen) atoms. The lowest BCUT2D eigenvalue weighted by Crippen LogP contribution is -2.30. The minimum absolute atomic E-state index is 0.0247. The van der Waals surface area contributed by atoms with Gasteiger partial charge in [-0.2, -0.15) is 5.48 Å². The maximum absolute atomic E-state index is 13.3. The molecule has 7 heteroatoms. The van der Waals surface area contributed by atoms with Crippen LogP contribution in [0.4, 0.5) is 4.39 Å². The molecule has 0 amide bonds. The largest absolute Gasteiger partial charge is 0.382 e. The van der Waals surface area contributed by atoms with Crippen molar-refractivity contribution < 1.29 is 22.4 Å². The fraction of sp³-hybridized carbons (Fsp3) is 0.500. The first-order valence-electron chi connectivity index (χ1n) is 5.93. The summed E-state index contributed by atoms with van der Waals surface area (Å²) in [7, 11) is -1.76. The van der Waals surface area contributed by atoms with Gasteiger partial charge in [0, 0.05) is 7.11 Å². The summed E-state index contributed by atoms with van der Waals surface area (Å²) in [5, 5.41) is 0. The van der Waals surface area contributed by atoms with Crippen LogP contribution in [0.1, 0.15) is 18.0 Å². The molecule has 1 atom stereocenters. The van der Waals surface area contributed by atoms with Gasteiger partial charge >= 0.3 is 0 Å². The molecule has 2 rings (SSSR count). The molecule has 1 aliphatic heterocycles. The van der Waals surface area contributed by atoms with Gasteiger partial charge in [0.1, 0.15) is 5.82 Å².